The number of pyridine rings is 1. The first-order valence-corrected chi connectivity index (χ1v) is 9.09. The van der Waals surface area contributed by atoms with Crippen molar-refractivity contribution in [3.05, 3.63) is 51.2 Å². The minimum Gasteiger partial charge on any atom is -0.462 e. The number of carbonyl (C=O) groups is 1. The topological polar surface area (TPSA) is 113 Å². The van der Waals surface area contributed by atoms with Crippen molar-refractivity contribution in [3.8, 4) is 11.6 Å². The molecule has 174 valence electrons. The maximum Gasteiger partial charge on any atom is 0.417 e. The molecule has 0 saturated carbocycles. The van der Waals surface area contributed by atoms with Crippen molar-refractivity contribution in [2.75, 3.05) is 39.0 Å². The molecule has 0 aliphatic carbocycles. The number of nitro groups is 1. The number of hydrogen-bond donors (Lipinski definition) is 0. The van der Waals surface area contributed by atoms with E-state index in [1.807, 2.05) is 0 Å². The average Bonchev–Trinajstić information content (AvgIpc) is 2.72. The molecule has 0 N–H and O–H groups in total. The van der Waals surface area contributed by atoms with Gasteiger partial charge in [-0.2, -0.15) is 13.2 Å². The number of benzene rings is 1. The Kier molecular flexibility index (Phi) is 8.57. The third kappa shape index (κ3) is 6.67. The Labute approximate surface area is 184 Å². The lowest BCUT2D eigenvalue weighted by Crippen LogP contribution is -2.31. The van der Waals surface area contributed by atoms with Crippen LogP contribution >= 0.6 is 11.6 Å². The molecule has 1 aromatic carbocycles. The van der Waals surface area contributed by atoms with Crippen molar-refractivity contribution in [1.82, 2.24) is 4.98 Å². The molecule has 0 saturated heterocycles. The number of rotatable bonds is 10. The lowest BCUT2D eigenvalue weighted by atomic mass is 10.2. The zero-order chi connectivity index (χ0) is 23.9. The summed E-state index contributed by atoms with van der Waals surface area (Å²) in [5.74, 6) is -1.17. The predicted octanol–water partition coefficient (Wildman–Crippen LogP) is 4.01. The summed E-state index contributed by atoms with van der Waals surface area (Å²) in [4.78, 5) is 31.2. The molecule has 0 radical (unpaired) electrons. The third-order valence-electron chi connectivity index (χ3n) is 3.81. The monoisotopic (exact) mass is 479 g/mol. The van der Waals surface area contributed by atoms with E-state index in [2.05, 4.69) is 4.98 Å². The minimum absolute atomic E-state index is 0.0315. The molecule has 10 nitrogen and oxygen atoms in total. The normalized spacial score (nSPS) is 11.2. The predicted molar refractivity (Wildman–Crippen MR) is 105 cm³/mol. The van der Waals surface area contributed by atoms with Gasteiger partial charge in [-0.15, -0.1) is 0 Å². The third-order valence-corrected chi connectivity index (χ3v) is 4.08. The summed E-state index contributed by atoms with van der Waals surface area (Å²) >= 11 is 5.82. The van der Waals surface area contributed by atoms with Gasteiger partial charge in [0.05, 0.1) is 24.2 Å². The molecule has 0 unspecified atom stereocenters. The zero-order valence-corrected chi connectivity index (χ0v) is 17.5. The summed E-state index contributed by atoms with van der Waals surface area (Å²) in [6.45, 7) is -0.386. The van der Waals surface area contributed by atoms with Crippen LogP contribution in [0.15, 0.2) is 30.5 Å². The number of alkyl halides is 3. The number of nitrogens with zero attached hydrogens (tertiary/aromatic N) is 3. The van der Waals surface area contributed by atoms with E-state index in [4.69, 9.17) is 30.6 Å². The number of hydroxylamine groups is 1. The van der Waals surface area contributed by atoms with Crippen LogP contribution in [0.3, 0.4) is 0 Å². The number of anilines is 1. The number of esters is 1. The maximum atomic E-state index is 12.8. The number of nitro benzene ring substituents is 1. The van der Waals surface area contributed by atoms with Crippen LogP contribution in [0.5, 0.6) is 11.6 Å². The van der Waals surface area contributed by atoms with E-state index in [9.17, 15) is 28.1 Å². The first-order valence-electron chi connectivity index (χ1n) is 8.72. The first kappa shape index (κ1) is 25.1. The fourth-order valence-corrected chi connectivity index (χ4v) is 2.54. The van der Waals surface area contributed by atoms with Crippen molar-refractivity contribution in [3.63, 3.8) is 0 Å². The molecule has 0 aliphatic rings. The Morgan fingerprint density at radius 3 is 2.53 bits per heavy atom. The van der Waals surface area contributed by atoms with Gasteiger partial charge in [0, 0.05) is 25.4 Å². The fraction of sp³-hybridized carbons (Fsp3) is 0.333. The highest BCUT2D eigenvalue weighted by Crippen LogP contribution is 2.37. The lowest BCUT2D eigenvalue weighted by molar-refractivity contribution is -0.384. The van der Waals surface area contributed by atoms with Crippen molar-refractivity contribution >= 4 is 28.9 Å². The van der Waals surface area contributed by atoms with E-state index in [1.54, 1.807) is 0 Å². The van der Waals surface area contributed by atoms with Crippen molar-refractivity contribution < 1.29 is 41.9 Å². The van der Waals surface area contributed by atoms with Crippen LogP contribution in [0.4, 0.5) is 24.5 Å². The van der Waals surface area contributed by atoms with Gasteiger partial charge >= 0.3 is 12.1 Å². The molecule has 2 aromatic rings. The number of ether oxygens (including phenoxy) is 3. The highest BCUT2D eigenvalue weighted by Gasteiger charge is 2.32. The Morgan fingerprint density at radius 2 is 1.97 bits per heavy atom. The van der Waals surface area contributed by atoms with Gasteiger partial charge in [-0.3, -0.25) is 19.7 Å². The van der Waals surface area contributed by atoms with Crippen LogP contribution in [-0.4, -0.2) is 49.9 Å². The summed E-state index contributed by atoms with van der Waals surface area (Å²) < 4.78 is 53.3. The summed E-state index contributed by atoms with van der Waals surface area (Å²) in [7, 11) is 2.59. The van der Waals surface area contributed by atoms with Gasteiger partial charge in [-0.1, -0.05) is 11.6 Å². The van der Waals surface area contributed by atoms with E-state index < -0.39 is 39.9 Å². The zero-order valence-electron chi connectivity index (χ0n) is 16.7. The van der Waals surface area contributed by atoms with E-state index in [0.717, 1.165) is 17.2 Å². The summed E-state index contributed by atoms with van der Waals surface area (Å²) in [6.07, 6.45) is -4.11. The van der Waals surface area contributed by atoms with Gasteiger partial charge in [0.1, 0.15) is 29.6 Å². The highest BCUT2D eigenvalue weighted by atomic mass is 35.5. The SMILES string of the molecule is COCCOC(=O)CN(OC)c1cc(Oc2ncc(C(F)(F)F)cc2Cl)ccc1[N+](=O)[O-]. The van der Waals surface area contributed by atoms with Crippen molar-refractivity contribution in [2.24, 2.45) is 0 Å². The number of aromatic nitrogens is 1. The fourth-order valence-electron chi connectivity index (χ4n) is 2.34. The second kappa shape index (κ2) is 10.9. The van der Waals surface area contributed by atoms with Crippen LogP contribution in [-0.2, 0) is 25.3 Å². The average molecular weight is 480 g/mol. The standard InChI is InChI=1S/C18H17ClF3N3O7/c1-29-5-6-31-16(26)10-24(30-2)15-8-12(3-4-14(15)25(27)28)32-17-13(19)7-11(9-23-17)18(20,21)22/h3-4,7-9H,5-6,10H2,1-2H3. The molecule has 0 atom stereocenters. The molecule has 1 aromatic heterocycles. The smallest absolute Gasteiger partial charge is 0.417 e. The van der Waals surface area contributed by atoms with Crippen molar-refractivity contribution in [2.45, 2.75) is 6.18 Å². The van der Waals surface area contributed by atoms with Crippen LogP contribution in [0.1, 0.15) is 5.56 Å². The number of hydrogen-bond acceptors (Lipinski definition) is 9. The second-order valence-electron chi connectivity index (χ2n) is 5.95. The Morgan fingerprint density at radius 1 is 1.25 bits per heavy atom. The van der Waals surface area contributed by atoms with Gasteiger partial charge in [0.15, 0.2) is 0 Å². The molecule has 14 heteroatoms. The number of carbonyl (C=O) groups excluding carboxylic acids is 1. The highest BCUT2D eigenvalue weighted by molar-refractivity contribution is 6.31. The van der Waals surface area contributed by atoms with Crippen molar-refractivity contribution in [1.29, 1.82) is 0 Å². The Hall–Kier alpha value is -3.16. The van der Waals surface area contributed by atoms with Crippen LogP contribution in [0.2, 0.25) is 5.02 Å². The molecular formula is C18H17ClF3N3O7. The lowest BCUT2D eigenvalue weighted by Gasteiger charge is -2.21. The molecule has 32 heavy (non-hydrogen) atoms. The van der Waals surface area contributed by atoms with Gasteiger partial charge in [-0.05, 0) is 12.1 Å². The van der Waals surface area contributed by atoms with Crippen LogP contribution in [0, 0.1) is 10.1 Å². The van der Waals surface area contributed by atoms with E-state index >= 15 is 0 Å². The summed E-state index contributed by atoms with van der Waals surface area (Å²) in [5.41, 5.74) is -1.69. The Bertz CT molecular complexity index is 975. The molecule has 1 heterocycles. The first-order chi connectivity index (χ1) is 15.1. The van der Waals surface area contributed by atoms with Gasteiger partial charge in [-0.25, -0.2) is 10.0 Å². The molecule has 0 aliphatic heterocycles. The van der Waals surface area contributed by atoms with Gasteiger partial charge in [0.2, 0.25) is 5.88 Å². The van der Waals surface area contributed by atoms with Crippen LogP contribution < -0.4 is 9.80 Å². The van der Waals surface area contributed by atoms with E-state index in [1.165, 1.54) is 20.3 Å². The van der Waals surface area contributed by atoms with Crippen LogP contribution in [0.25, 0.3) is 0 Å². The molecule has 0 bridgehead atoms. The molecular weight excluding hydrogens is 463 g/mol. The molecule has 0 fully saturated rings. The largest absolute Gasteiger partial charge is 0.462 e. The van der Waals surface area contributed by atoms with E-state index in [-0.39, 0.29) is 30.5 Å². The molecule has 0 amide bonds. The minimum atomic E-state index is -4.65. The summed E-state index contributed by atoms with van der Waals surface area (Å²) in [6, 6.07) is 4.01. The van der Waals surface area contributed by atoms with E-state index in [0.29, 0.717) is 12.3 Å². The Balaban J connectivity index is 2.30. The second-order valence-corrected chi connectivity index (χ2v) is 6.36. The van der Waals surface area contributed by atoms with Gasteiger partial charge in [0.25, 0.3) is 5.69 Å². The molecule has 2 rings (SSSR count). The quantitative estimate of drug-likeness (QED) is 0.216. The number of halogens is 4. The number of methoxy groups -OCH3 is 1. The maximum absolute atomic E-state index is 12.8. The molecule has 0 spiro atoms. The summed E-state index contributed by atoms with van der Waals surface area (Å²) in [5, 5.41) is 11.9. The van der Waals surface area contributed by atoms with Gasteiger partial charge < -0.3 is 14.2 Å².